The molecule has 0 radical (unpaired) electrons. The van der Waals surface area contributed by atoms with E-state index in [1.165, 1.54) is 0 Å². The zero-order valence-corrected chi connectivity index (χ0v) is 12.3. The molecule has 6 nitrogen and oxygen atoms in total. The van der Waals surface area contributed by atoms with Gasteiger partial charge < -0.3 is 9.88 Å². The van der Waals surface area contributed by atoms with Gasteiger partial charge in [-0.3, -0.25) is 0 Å². The first-order valence-corrected chi connectivity index (χ1v) is 8.20. The standard InChI is InChI=1S/C12H22N4O2S/c1-10(2)7-16-8-12(14-9-16)19(17,18)15-11-3-5-13-6-4-11/h8-11,13,15H,3-7H2,1-2H3. The Morgan fingerprint density at radius 2 is 2.16 bits per heavy atom. The fourth-order valence-corrected chi connectivity index (χ4v) is 3.47. The molecule has 7 heteroatoms. The molecule has 1 aromatic heterocycles. The highest BCUT2D eigenvalue weighted by Gasteiger charge is 2.23. The lowest BCUT2D eigenvalue weighted by atomic mass is 10.1. The summed E-state index contributed by atoms with van der Waals surface area (Å²) in [5, 5.41) is 3.33. The Labute approximate surface area is 114 Å². The molecule has 108 valence electrons. The van der Waals surface area contributed by atoms with Crippen LogP contribution in [0.1, 0.15) is 26.7 Å². The highest BCUT2D eigenvalue weighted by molar-refractivity contribution is 7.89. The molecule has 1 aliphatic rings. The van der Waals surface area contributed by atoms with Gasteiger partial charge in [0.05, 0.1) is 6.33 Å². The van der Waals surface area contributed by atoms with E-state index in [1.807, 2.05) is 4.57 Å². The molecular formula is C12H22N4O2S. The van der Waals surface area contributed by atoms with Crippen LogP contribution in [0.15, 0.2) is 17.6 Å². The third-order valence-electron chi connectivity index (χ3n) is 3.12. The minimum absolute atomic E-state index is 0.0153. The van der Waals surface area contributed by atoms with Gasteiger partial charge in [-0.15, -0.1) is 0 Å². The molecule has 1 fully saturated rings. The van der Waals surface area contributed by atoms with Crippen molar-refractivity contribution in [2.24, 2.45) is 5.92 Å². The van der Waals surface area contributed by atoms with Crippen LogP contribution < -0.4 is 10.0 Å². The average Bonchev–Trinajstić information content (AvgIpc) is 2.78. The highest BCUT2D eigenvalue weighted by atomic mass is 32.2. The Bertz CT molecular complexity index is 504. The Morgan fingerprint density at radius 3 is 2.79 bits per heavy atom. The van der Waals surface area contributed by atoms with Gasteiger partial charge in [0.25, 0.3) is 10.0 Å². The number of hydrogen-bond acceptors (Lipinski definition) is 4. The Hall–Kier alpha value is -0.920. The van der Waals surface area contributed by atoms with E-state index in [2.05, 4.69) is 28.9 Å². The summed E-state index contributed by atoms with van der Waals surface area (Å²) in [5.74, 6) is 0.460. The van der Waals surface area contributed by atoms with Crippen molar-refractivity contribution in [3.05, 3.63) is 12.5 Å². The third kappa shape index (κ3) is 4.02. The van der Waals surface area contributed by atoms with Crippen LogP contribution in [0.3, 0.4) is 0 Å². The van der Waals surface area contributed by atoms with Gasteiger partial charge in [0.1, 0.15) is 0 Å². The minimum atomic E-state index is -3.48. The quantitative estimate of drug-likeness (QED) is 0.830. The number of aromatic nitrogens is 2. The zero-order valence-electron chi connectivity index (χ0n) is 11.5. The van der Waals surface area contributed by atoms with Crippen molar-refractivity contribution < 1.29 is 8.42 Å². The summed E-state index contributed by atoms with van der Waals surface area (Å²) in [5.41, 5.74) is 0. The molecule has 0 amide bonds. The van der Waals surface area contributed by atoms with E-state index in [9.17, 15) is 8.42 Å². The molecule has 1 aliphatic heterocycles. The molecule has 0 spiro atoms. The van der Waals surface area contributed by atoms with Crippen LogP contribution in [0.4, 0.5) is 0 Å². The summed E-state index contributed by atoms with van der Waals surface area (Å²) in [4.78, 5) is 4.00. The first kappa shape index (κ1) is 14.5. The van der Waals surface area contributed by atoms with Crippen LogP contribution >= 0.6 is 0 Å². The predicted molar refractivity (Wildman–Crippen MR) is 73.3 cm³/mol. The van der Waals surface area contributed by atoms with Crippen molar-refractivity contribution in [1.82, 2.24) is 19.6 Å². The average molecular weight is 286 g/mol. The number of nitrogens with one attached hydrogen (secondary N) is 2. The molecule has 1 saturated heterocycles. The highest BCUT2D eigenvalue weighted by Crippen LogP contribution is 2.11. The number of piperidine rings is 1. The summed E-state index contributed by atoms with van der Waals surface area (Å²) < 4.78 is 28.9. The van der Waals surface area contributed by atoms with E-state index in [0.29, 0.717) is 5.92 Å². The van der Waals surface area contributed by atoms with Gasteiger partial charge >= 0.3 is 0 Å². The van der Waals surface area contributed by atoms with E-state index in [1.54, 1.807) is 12.5 Å². The molecule has 2 rings (SSSR count). The Morgan fingerprint density at radius 1 is 1.47 bits per heavy atom. The number of rotatable bonds is 5. The number of sulfonamides is 1. The largest absolute Gasteiger partial charge is 0.336 e. The van der Waals surface area contributed by atoms with Crippen LogP contribution in [-0.4, -0.2) is 37.1 Å². The summed E-state index contributed by atoms with van der Waals surface area (Å²) >= 11 is 0. The maximum Gasteiger partial charge on any atom is 0.259 e. The SMILES string of the molecule is CC(C)Cn1cnc(S(=O)(=O)NC2CCNCC2)c1. The van der Waals surface area contributed by atoms with Crippen molar-refractivity contribution in [2.45, 2.75) is 44.3 Å². The van der Waals surface area contributed by atoms with Crippen LogP contribution in [0.25, 0.3) is 0 Å². The lowest BCUT2D eigenvalue weighted by Crippen LogP contribution is -2.42. The van der Waals surface area contributed by atoms with Crippen LogP contribution in [0, 0.1) is 5.92 Å². The van der Waals surface area contributed by atoms with Gasteiger partial charge in [-0.2, -0.15) is 0 Å². The first-order valence-electron chi connectivity index (χ1n) is 6.72. The third-order valence-corrected chi connectivity index (χ3v) is 4.53. The summed E-state index contributed by atoms with van der Waals surface area (Å²) in [7, 11) is -3.48. The second kappa shape index (κ2) is 6.02. The zero-order chi connectivity index (χ0) is 13.9. The van der Waals surface area contributed by atoms with Gasteiger partial charge in [0.2, 0.25) is 0 Å². The van der Waals surface area contributed by atoms with Gasteiger partial charge in [-0.1, -0.05) is 13.8 Å². The van der Waals surface area contributed by atoms with E-state index in [4.69, 9.17) is 0 Å². The number of nitrogens with zero attached hydrogens (tertiary/aromatic N) is 2. The number of hydrogen-bond donors (Lipinski definition) is 2. The minimum Gasteiger partial charge on any atom is -0.336 e. The fourth-order valence-electron chi connectivity index (χ4n) is 2.22. The fraction of sp³-hybridized carbons (Fsp3) is 0.750. The molecule has 2 N–H and O–H groups in total. The summed E-state index contributed by atoms with van der Waals surface area (Å²) in [6, 6.07) is 0.0153. The first-order chi connectivity index (χ1) is 8.97. The van der Waals surface area contributed by atoms with E-state index >= 15 is 0 Å². The topological polar surface area (TPSA) is 76.0 Å². The monoisotopic (exact) mass is 286 g/mol. The lowest BCUT2D eigenvalue weighted by molar-refractivity contribution is 0.426. The lowest BCUT2D eigenvalue weighted by Gasteiger charge is -2.22. The summed E-state index contributed by atoms with van der Waals surface area (Å²) in [6.45, 7) is 6.66. The van der Waals surface area contributed by atoms with Crippen molar-refractivity contribution in [1.29, 1.82) is 0 Å². The molecule has 2 heterocycles. The van der Waals surface area contributed by atoms with Gasteiger partial charge in [0, 0.05) is 18.8 Å². The molecule has 0 bridgehead atoms. The predicted octanol–water partition coefficient (Wildman–Crippen LogP) is 0.569. The summed E-state index contributed by atoms with van der Waals surface area (Å²) in [6.07, 6.45) is 4.83. The van der Waals surface area contributed by atoms with E-state index in [-0.39, 0.29) is 11.1 Å². The molecule has 0 saturated carbocycles. The number of imidazole rings is 1. The van der Waals surface area contributed by atoms with Crippen molar-refractivity contribution in [2.75, 3.05) is 13.1 Å². The van der Waals surface area contributed by atoms with E-state index in [0.717, 1.165) is 32.5 Å². The van der Waals surface area contributed by atoms with Crippen LogP contribution in [0.5, 0.6) is 0 Å². The van der Waals surface area contributed by atoms with Crippen LogP contribution in [-0.2, 0) is 16.6 Å². The maximum absolute atomic E-state index is 12.2. The molecule has 1 aromatic rings. The van der Waals surface area contributed by atoms with Crippen molar-refractivity contribution in [3.63, 3.8) is 0 Å². The Kier molecular flexibility index (Phi) is 4.59. The Balaban J connectivity index is 2.04. The second-order valence-corrected chi connectivity index (χ2v) is 7.11. The smallest absolute Gasteiger partial charge is 0.259 e. The maximum atomic E-state index is 12.2. The van der Waals surface area contributed by atoms with E-state index < -0.39 is 10.0 Å². The molecular weight excluding hydrogens is 264 g/mol. The second-order valence-electron chi connectivity index (χ2n) is 5.45. The van der Waals surface area contributed by atoms with Gasteiger partial charge in [-0.05, 0) is 31.8 Å². The molecule has 19 heavy (non-hydrogen) atoms. The normalized spacial score (nSPS) is 18.1. The molecule has 0 aromatic carbocycles. The van der Waals surface area contributed by atoms with Crippen LogP contribution in [0.2, 0.25) is 0 Å². The van der Waals surface area contributed by atoms with Gasteiger partial charge in [0.15, 0.2) is 5.03 Å². The van der Waals surface area contributed by atoms with Gasteiger partial charge in [-0.25, -0.2) is 18.1 Å². The molecule has 0 unspecified atom stereocenters. The van der Waals surface area contributed by atoms with Crippen molar-refractivity contribution >= 4 is 10.0 Å². The van der Waals surface area contributed by atoms with Crippen molar-refractivity contribution in [3.8, 4) is 0 Å². The molecule has 0 aliphatic carbocycles. The molecule has 0 atom stereocenters.